The third kappa shape index (κ3) is 2.12. The fourth-order valence-electron chi connectivity index (χ4n) is 1.49. The molecule has 2 rings (SSSR count). The summed E-state index contributed by atoms with van der Waals surface area (Å²) in [5, 5.41) is 12.7. The number of benzene rings is 1. The van der Waals surface area contributed by atoms with E-state index in [0.29, 0.717) is 16.1 Å². The Morgan fingerprint density at radius 1 is 1.56 bits per heavy atom. The number of phenols is 1. The Kier molecular flexibility index (Phi) is 3.16. The molecule has 0 bridgehead atoms. The highest BCUT2D eigenvalue weighted by Gasteiger charge is 2.08. The van der Waals surface area contributed by atoms with Gasteiger partial charge in [0.05, 0.1) is 22.7 Å². The lowest BCUT2D eigenvalue weighted by Crippen LogP contribution is -2.31. The van der Waals surface area contributed by atoms with Gasteiger partial charge in [-0.3, -0.25) is 0 Å². The first-order chi connectivity index (χ1) is 8.52. The van der Waals surface area contributed by atoms with Crippen LogP contribution in [-0.4, -0.2) is 17.4 Å². The Labute approximate surface area is 107 Å². The van der Waals surface area contributed by atoms with Crippen LogP contribution < -0.4 is 20.9 Å². The van der Waals surface area contributed by atoms with Crippen LogP contribution in [0, 0.1) is 0 Å². The molecule has 1 aromatic carbocycles. The highest BCUT2D eigenvalue weighted by atomic mass is 35.5. The van der Waals surface area contributed by atoms with E-state index in [1.54, 1.807) is 12.1 Å². The first-order valence-electron chi connectivity index (χ1n) is 4.97. The quantitative estimate of drug-likeness (QED) is 0.834. The molecule has 0 aliphatic heterocycles. The number of aromatic nitrogens is 1. The number of rotatable bonds is 2. The van der Waals surface area contributed by atoms with E-state index in [4.69, 9.17) is 16.3 Å². The van der Waals surface area contributed by atoms with Crippen LogP contribution in [0.15, 0.2) is 21.5 Å². The van der Waals surface area contributed by atoms with Crippen molar-refractivity contribution in [3.63, 3.8) is 0 Å². The van der Waals surface area contributed by atoms with Gasteiger partial charge < -0.3 is 14.4 Å². The minimum absolute atomic E-state index is 0.131. The molecular weight excluding hydrogens is 258 g/mol. The van der Waals surface area contributed by atoms with Gasteiger partial charge in [-0.1, -0.05) is 18.2 Å². The summed E-state index contributed by atoms with van der Waals surface area (Å²) in [6, 6.07) is 3.05. The van der Waals surface area contributed by atoms with E-state index < -0.39 is 5.63 Å². The second-order valence-electron chi connectivity index (χ2n) is 3.58. The van der Waals surface area contributed by atoms with Gasteiger partial charge >= 0.3 is 5.63 Å². The summed E-state index contributed by atoms with van der Waals surface area (Å²) in [6.45, 7) is 3.63. The normalized spacial score (nSPS) is 11.8. The topological polar surface area (TPSA) is 75.5 Å². The van der Waals surface area contributed by atoms with Crippen molar-refractivity contribution in [2.45, 2.75) is 0 Å². The average molecular weight is 268 g/mol. The van der Waals surface area contributed by atoms with E-state index in [9.17, 15) is 9.90 Å². The highest BCUT2D eigenvalue weighted by molar-refractivity contribution is 6.32. The number of aromatic amines is 1. The maximum Gasteiger partial charge on any atom is 0.365 e. The Bertz CT molecular complexity index is 714. The number of nitrogens with one attached hydrogen (secondary N) is 1. The van der Waals surface area contributed by atoms with Gasteiger partial charge in [-0.05, 0) is 23.8 Å². The second-order valence-corrected chi connectivity index (χ2v) is 3.99. The number of halogens is 1. The molecule has 0 aliphatic rings. The van der Waals surface area contributed by atoms with E-state index in [0.717, 1.165) is 0 Å². The third-order valence-electron chi connectivity index (χ3n) is 2.39. The van der Waals surface area contributed by atoms with Crippen LogP contribution in [0.5, 0.6) is 11.5 Å². The molecule has 1 aromatic heterocycles. The maximum atomic E-state index is 11.4. The maximum absolute atomic E-state index is 11.4. The molecule has 18 heavy (non-hydrogen) atoms. The van der Waals surface area contributed by atoms with Crippen LogP contribution in [0.25, 0.3) is 12.7 Å². The molecule has 0 saturated heterocycles. The molecule has 94 valence electrons. The molecule has 0 amide bonds. The van der Waals surface area contributed by atoms with Gasteiger partial charge in [-0.25, -0.2) is 9.95 Å². The number of H-pyrrole nitrogens is 1. The first-order valence-corrected chi connectivity index (χ1v) is 5.35. The molecular formula is C12H10ClNO4. The van der Waals surface area contributed by atoms with Crippen LogP contribution in [0.2, 0.25) is 5.02 Å². The second kappa shape index (κ2) is 4.62. The first kappa shape index (κ1) is 12.3. The van der Waals surface area contributed by atoms with Crippen molar-refractivity contribution >= 4 is 24.3 Å². The van der Waals surface area contributed by atoms with E-state index >= 15 is 0 Å². The predicted molar refractivity (Wildman–Crippen MR) is 67.3 cm³/mol. The number of phenolic OH excluding ortho intramolecular Hbond substituents is 1. The molecule has 0 aliphatic carbocycles. The van der Waals surface area contributed by atoms with Crippen molar-refractivity contribution in [3.8, 4) is 11.5 Å². The van der Waals surface area contributed by atoms with Crippen LogP contribution in [0.4, 0.5) is 0 Å². The number of hydrogen-bond donors (Lipinski definition) is 2. The molecule has 0 spiro atoms. The van der Waals surface area contributed by atoms with Gasteiger partial charge in [0, 0.05) is 0 Å². The minimum atomic E-state index is -0.525. The lowest BCUT2D eigenvalue weighted by molar-refractivity contribution is 0.373. The van der Waals surface area contributed by atoms with Crippen molar-refractivity contribution < 1.29 is 14.4 Å². The Balaban J connectivity index is 2.68. The zero-order valence-electron chi connectivity index (χ0n) is 9.49. The fraction of sp³-hybridized carbons (Fsp3) is 0.0833. The lowest BCUT2D eigenvalue weighted by atomic mass is 10.1. The van der Waals surface area contributed by atoms with Gasteiger partial charge in [0.15, 0.2) is 11.5 Å². The third-order valence-corrected chi connectivity index (χ3v) is 2.68. The smallest absolute Gasteiger partial charge is 0.365 e. The fourth-order valence-corrected chi connectivity index (χ4v) is 1.71. The highest BCUT2D eigenvalue weighted by Crippen LogP contribution is 2.34. The van der Waals surface area contributed by atoms with Crippen molar-refractivity contribution in [2.24, 2.45) is 0 Å². The summed E-state index contributed by atoms with van der Waals surface area (Å²) in [5.41, 5.74) is 0.0645. The predicted octanol–water partition coefficient (Wildman–Crippen LogP) is 0.575. The molecule has 0 unspecified atom stereocenters. The molecule has 5 nitrogen and oxygen atoms in total. The number of hydrogen-bond acceptors (Lipinski definition) is 4. The number of ether oxygens (including phenoxy) is 1. The van der Waals surface area contributed by atoms with Gasteiger partial charge in [-0.15, -0.1) is 0 Å². The summed E-state index contributed by atoms with van der Waals surface area (Å²) in [6.07, 6.45) is 1.54. The Morgan fingerprint density at radius 2 is 2.28 bits per heavy atom. The Hall–Kier alpha value is -2.14. The standard InChI is InChI=1S/C12H10ClNO4/c1-6-8(12(16)18-14-6)3-7-4-9(13)11(15)10(5-7)17-2/h3-5,14-15H,1H2,2H3. The molecule has 6 heteroatoms. The number of aromatic hydroxyl groups is 1. The molecule has 0 fully saturated rings. The Morgan fingerprint density at radius 3 is 2.83 bits per heavy atom. The molecule has 0 radical (unpaired) electrons. The molecule has 1 heterocycles. The van der Waals surface area contributed by atoms with Gasteiger partial charge in [0.25, 0.3) is 0 Å². The van der Waals surface area contributed by atoms with Crippen LogP contribution >= 0.6 is 11.6 Å². The van der Waals surface area contributed by atoms with Gasteiger partial charge in [0.2, 0.25) is 0 Å². The molecule has 0 atom stereocenters. The van der Waals surface area contributed by atoms with Gasteiger partial charge in [0.1, 0.15) is 0 Å². The zero-order chi connectivity index (χ0) is 13.3. The van der Waals surface area contributed by atoms with Crippen molar-refractivity contribution in [2.75, 3.05) is 7.11 Å². The monoisotopic (exact) mass is 267 g/mol. The largest absolute Gasteiger partial charge is 0.503 e. The summed E-state index contributed by atoms with van der Waals surface area (Å²) in [4.78, 5) is 11.4. The molecule has 2 N–H and O–H groups in total. The van der Waals surface area contributed by atoms with Gasteiger partial charge in [-0.2, -0.15) is 0 Å². The summed E-state index contributed by atoms with van der Waals surface area (Å²) in [5.74, 6) is 0.0755. The zero-order valence-corrected chi connectivity index (χ0v) is 10.2. The van der Waals surface area contributed by atoms with E-state index in [2.05, 4.69) is 16.3 Å². The van der Waals surface area contributed by atoms with Crippen LogP contribution in [-0.2, 0) is 0 Å². The van der Waals surface area contributed by atoms with Crippen LogP contribution in [0.3, 0.4) is 0 Å². The molecule has 0 saturated carbocycles. The summed E-state index contributed by atoms with van der Waals surface area (Å²) >= 11 is 5.84. The van der Waals surface area contributed by atoms with Crippen molar-refractivity contribution in [1.82, 2.24) is 5.16 Å². The summed E-state index contributed by atoms with van der Waals surface area (Å²) < 4.78 is 9.56. The average Bonchev–Trinajstić information content (AvgIpc) is 2.65. The lowest BCUT2D eigenvalue weighted by Gasteiger charge is -2.05. The van der Waals surface area contributed by atoms with E-state index in [1.165, 1.54) is 13.2 Å². The van der Waals surface area contributed by atoms with Crippen molar-refractivity contribution in [1.29, 1.82) is 0 Å². The van der Waals surface area contributed by atoms with Crippen molar-refractivity contribution in [3.05, 3.63) is 43.7 Å². The molecule has 2 aromatic rings. The SMILES string of the molecule is C=c1[nH]oc(=O)c1=Cc1cc(Cl)c(O)c(OC)c1. The number of methoxy groups -OCH3 is 1. The summed E-state index contributed by atoms with van der Waals surface area (Å²) in [7, 11) is 1.41. The van der Waals surface area contributed by atoms with E-state index in [1.807, 2.05) is 0 Å². The van der Waals surface area contributed by atoms with Crippen LogP contribution in [0.1, 0.15) is 5.56 Å². The minimum Gasteiger partial charge on any atom is -0.503 e. The van der Waals surface area contributed by atoms with E-state index in [-0.39, 0.29) is 16.5 Å².